The fourth-order valence-corrected chi connectivity index (χ4v) is 4.16. The van der Waals surface area contributed by atoms with Gasteiger partial charge in [-0.15, -0.1) is 0 Å². The van der Waals surface area contributed by atoms with Gasteiger partial charge in [0.1, 0.15) is 0 Å². The van der Waals surface area contributed by atoms with Crippen LogP contribution in [0.15, 0.2) is 0 Å². The van der Waals surface area contributed by atoms with E-state index in [0.717, 1.165) is 51.7 Å². The van der Waals surface area contributed by atoms with Crippen LogP contribution in [0.3, 0.4) is 0 Å². The molecule has 0 aromatic carbocycles. The number of hydrogen-bond donors (Lipinski definition) is 0. The topological polar surface area (TPSA) is 49.9 Å². The van der Waals surface area contributed by atoms with Gasteiger partial charge in [-0.2, -0.15) is 0 Å². The van der Waals surface area contributed by atoms with Gasteiger partial charge in [0.15, 0.2) is 0 Å². The monoisotopic (exact) mass is 352 g/mol. The van der Waals surface area contributed by atoms with Gasteiger partial charge >= 0.3 is 0 Å². The van der Waals surface area contributed by atoms with Gasteiger partial charge < -0.3 is 14.5 Å². The van der Waals surface area contributed by atoms with Crippen molar-refractivity contribution in [2.24, 2.45) is 5.41 Å². The first-order valence-corrected chi connectivity index (χ1v) is 9.96. The summed E-state index contributed by atoms with van der Waals surface area (Å²) < 4.78 is 6.42. The van der Waals surface area contributed by atoms with E-state index < -0.39 is 0 Å². The summed E-state index contributed by atoms with van der Waals surface area (Å²) in [6, 6.07) is 0. The zero-order valence-corrected chi connectivity index (χ0v) is 16.8. The molecule has 2 atom stereocenters. The Bertz CT molecular complexity index is 482. The lowest BCUT2D eigenvalue weighted by Gasteiger charge is -2.42. The Balaban J connectivity index is 1.88. The van der Waals surface area contributed by atoms with Crippen LogP contribution in [-0.2, 0) is 14.3 Å². The highest BCUT2D eigenvalue weighted by molar-refractivity contribution is 5.81. The summed E-state index contributed by atoms with van der Waals surface area (Å²) in [5.41, 5.74) is -0.519. The third kappa shape index (κ3) is 4.96. The lowest BCUT2D eigenvalue weighted by molar-refractivity contribution is -0.150. The van der Waals surface area contributed by atoms with Gasteiger partial charge in [-0.25, -0.2) is 0 Å². The molecule has 5 heteroatoms. The molecule has 0 bridgehead atoms. The molecule has 0 aromatic rings. The van der Waals surface area contributed by atoms with Crippen molar-refractivity contribution in [2.75, 3.05) is 26.2 Å². The van der Waals surface area contributed by atoms with Crippen molar-refractivity contribution in [2.45, 2.75) is 84.8 Å². The van der Waals surface area contributed by atoms with E-state index in [9.17, 15) is 9.59 Å². The van der Waals surface area contributed by atoms with Crippen LogP contribution in [0.1, 0.15) is 73.1 Å². The summed E-state index contributed by atoms with van der Waals surface area (Å²) in [5.74, 6) is 0.443. The molecule has 0 unspecified atom stereocenters. The Morgan fingerprint density at radius 2 is 1.88 bits per heavy atom. The number of carbonyl (C=O) groups is 2. The molecule has 144 valence electrons. The molecule has 0 saturated carbocycles. The first kappa shape index (κ1) is 20.2. The summed E-state index contributed by atoms with van der Waals surface area (Å²) in [5, 5.41) is 0. The van der Waals surface area contributed by atoms with Crippen molar-refractivity contribution >= 4 is 11.8 Å². The van der Waals surface area contributed by atoms with Crippen LogP contribution >= 0.6 is 0 Å². The fourth-order valence-electron chi connectivity index (χ4n) is 4.16. The Morgan fingerprint density at radius 1 is 1.20 bits per heavy atom. The Kier molecular flexibility index (Phi) is 6.52. The molecule has 0 radical (unpaired) electrons. The first-order valence-electron chi connectivity index (χ1n) is 9.96. The van der Waals surface area contributed by atoms with E-state index in [1.165, 1.54) is 0 Å². The highest BCUT2D eigenvalue weighted by atomic mass is 16.5. The average molecular weight is 353 g/mol. The van der Waals surface area contributed by atoms with E-state index in [1.807, 2.05) is 44.4 Å². The van der Waals surface area contributed by atoms with Gasteiger partial charge in [0.25, 0.3) is 0 Å². The van der Waals surface area contributed by atoms with E-state index in [2.05, 4.69) is 0 Å². The quantitative estimate of drug-likeness (QED) is 0.763. The molecule has 2 amide bonds. The van der Waals surface area contributed by atoms with Crippen molar-refractivity contribution in [3.63, 3.8) is 0 Å². The zero-order valence-electron chi connectivity index (χ0n) is 16.8. The number of rotatable bonds is 5. The molecule has 1 spiro atoms. The first-order chi connectivity index (χ1) is 11.7. The predicted molar refractivity (Wildman–Crippen MR) is 99.3 cm³/mol. The summed E-state index contributed by atoms with van der Waals surface area (Å²) in [6.45, 7) is 13.1. The largest absolute Gasteiger partial charge is 0.370 e. The molecule has 2 heterocycles. The standard InChI is InChI=1S/C20H36N2O3/c1-6-21(7-2)17(23)10-9-16-11-13-20(25-16)12-8-14-22(15-20)18(24)19(3,4)5/h16H,6-15H2,1-5H3/t16-,20-/m0/s1. The second-order valence-electron chi connectivity index (χ2n) is 8.65. The van der Waals surface area contributed by atoms with E-state index in [4.69, 9.17) is 4.74 Å². The van der Waals surface area contributed by atoms with E-state index in [1.54, 1.807) is 0 Å². The van der Waals surface area contributed by atoms with Crippen molar-refractivity contribution < 1.29 is 14.3 Å². The number of piperidine rings is 1. The van der Waals surface area contributed by atoms with E-state index in [0.29, 0.717) is 13.0 Å². The van der Waals surface area contributed by atoms with Crippen LogP contribution in [0.4, 0.5) is 0 Å². The van der Waals surface area contributed by atoms with Crippen LogP contribution in [0.25, 0.3) is 0 Å². The second-order valence-corrected chi connectivity index (χ2v) is 8.65. The number of hydrogen-bond acceptors (Lipinski definition) is 3. The molecule has 25 heavy (non-hydrogen) atoms. The minimum atomic E-state index is -0.341. The molecular formula is C20H36N2O3. The lowest BCUT2D eigenvalue weighted by atomic mass is 9.87. The van der Waals surface area contributed by atoms with Gasteiger partial charge in [-0.05, 0) is 46.0 Å². The second kappa shape index (κ2) is 8.07. The van der Waals surface area contributed by atoms with Crippen molar-refractivity contribution in [1.82, 2.24) is 9.80 Å². The number of amides is 2. The molecule has 0 aliphatic carbocycles. The average Bonchev–Trinajstić information content (AvgIpc) is 2.95. The molecular weight excluding hydrogens is 316 g/mol. The Morgan fingerprint density at radius 3 is 2.48 bits per heavy atom. The van der Waals surface area contributed by atoms with Gasteiger partial charge in [0, 0.05) is 38.0 Å². The number of likely N-dealkylation sites (tertiary alicyclic amines) is 1. The minimum Gasteiger partial charge on any atom is -0.370 e. The molecule has 2 fully saturated rings. The zero-order chi connectivity index (χ0) is 18.7. The summed E-state index contributed by atoms with van der Waals surface area (Å²) in [6.07, 6.45) is 5.56. The molecule has 2 saturated heterocycles. The van der Waals surface area contributed by atoms with Crippen LogP contribution in [0.5, 0.6) is 0 Å². The van der Waals surface area contributed by atoms with Gasteiger partial charge in [-0.1, -0.05) is 20.8 Å². The maximum absolute atomic E-state index is 12.6. The smallest absolute Gasteiger partial charge is 0.228 e. The molecule has 0 aromatic heterocycles. The third-order valence-corrected chi connectivity index (χ3v) is 5.60. The number of carbonyl (C=O) groups excluding carboxylic acids is 2. The summed E-state index contributed by atoms with van der Waals surface area (Å²) >= 11 is 0. The maximum Gasteiger partial charge on any atom is 0.228 e. The maximum atomic E-state index is 12.6. The highest BCUT2D eigenvalue weighted by Gasteiger charge is 2.45. The Labute approximate surface area is 153 Å². The van der Waals surface area contributed by atoms with Crippen LogP contribution in [-0.4, -0.2) is 59.5 Å². The fraction of sp³-hybridized carbons (Fsp3) is 0.900. The van der Waals surface area contributed by atoms with Crippen molar-refractivity contribution in [3.8, 4) is 0 Å². The van der Waals surface area contributed by atoms with Crippen LogP contribution in [0, 0.1) is 5.41 Å². The molecule has 5 nitrogen and oxygen atoms in total. The van der Waals surface area contributed by atoms with E-state index in [-0.39, 0.29) is 28.9 Å². The highest BCUT2D eigenvalue weighted by Crippen LogP contribution is 2.39. The third-order valence-electron chi connectivity index (χ3n) is 5.60. The minimum absolute atomic E-state index is 0.157. The summed E-state index contributed by atoms with van der Waals surface area (Å²) in [4.78, 5) is 28.7. The molecule has 2 aliphatic rings. The molecule has 2 rings (SSSR count). The van der Waals surface area contributed by atoms with Gasteiger partial charge in [0.2, 0.25) is 11.8 Å². The predicted octanol–water partition coefficient (Wildman–Crippen LogP) is 3.22. The van der Waals surface area contributed by atoms with Gasteiger partial charge in [0.05, 0.1) is 11.7 Å². The van der Waals surface area contributed by atoms with Crippen LogP contribution in [0.2, 0.25) is 0 Å². The number of ether oxygens (including phenoxy) is 1. The normalized spacial score (nSPS) is 26.9. The SMILES string of the molecule is CCN(CC)C(=O)CC[C@H]1CC[C@]2(CCCN(C(=O)C(C)(C)C)C2)O1. The molecule has 0 N–H and O–H groups in total. The Hall–Kier alpha value is -1.10. The van der Waals surface area contributed by atoms with Crippen LogP contribution < -0.4 is 0 Å². The van der Waals surface area contributed by atoms with Crippen molar-refractivity contribution in [3.05, 3.63) is 0 Å². The lowest BCUT2D eigenvalue weighted by Crippen LogP contribution is -2.53. The van der Waals surface area contributed by atoms with Gasteiger partial charge in [-0.3, -0.25) is 9.59 Å². The summed E-state index contributed by atoms with van der Waals surface area (Å²) in [7, 11) is 0. The van der Waals surface area contributed by atoms with Crippen molar-refractivity contribution in [1.29, 1.82) is 0 Å². The molecule has 2 aliphatic heterocycles. The number of nitrogens with zero attached hydrogens (tertiary/aromatic N) is 2. The van der Waals surface area contributed by atoms with E-state index >= 15 is 0 Å².